The second kappa shape index (κ2) is 10.2. The second-order valence-electron chi connectivity index (χ2n) is 6.93. The van der Waals surface area contributed by atoms with Crippen molar-refractivity contribution in [3.05, 3.63) is 69.2 Å². The Morgan fingerprint density at radius 2 is 1.93 bits per heavy atom. The molecule has 0 aliphatic rings. The molecule has 2 N–H and O–H groups in total. The van der Waals surface area contributed by atoms with Gasteiger partial charge in [-0.25, -0.2) is 4.98 Å². The lowest BCUT2D eigenvalue weighted by molar-refractivity contribution is -0.121. The number of aromatic nitrogens is 2. The molecule has 3 rings (SSSR count). The summed E-state index contributed by atoms with van der Waals surface area (Å²) in [4.78, 5) is 40.8. The summed E-state index contributed by atoms with van der Waals surface area (Å²) in [5.41, 5.74) is 2.03. The Balaban J connectivity index is 1.56. The van der Waals surface area contributed by atoms with Gasteiger partial charge < -0.3 is 10.6 Å². The second-order valence-corrected chi connectivity index (χ2v) is 7.85. The van der Waals surface area contributed by atoms with Gasteiger partial charge in [-0.1, -0.05) is 35.0 Å². The number of aryl methyl sites for hydroxylation is 1. The van der Waals surface area contributed by atoms with Crippen LogP contribution in [0.25, 0.3) is 10.9 Å². The van der Waals surface area contributed by atoms with E-state index in [4.69, 9.17) is 0 Å². The maximum Gasteiger partial charge on any atom is 0.261 e. The molecule has 0 fully saturated rings. The van der Waals surface area contributed by atoms with Gasteiger partial charge in [-0.2, -0.15) is 0 Å². The minimum atomic E-state index is -0.176. The summed E-state index contributed by atoms with van der Waals surface area (Å²) in [5, 5.41) is 6.20. The van der Waals surface area contributed by atoms with Crippen LogP contribution in [0.2, 0.25) is 0 Å². The smallest absolute Gasteiger partial charge is 0.261 e. The molecule has 0 saturated heterocycles. The number of carbonyl (C=O) groups excluding carboxylic acids is 2. The fourth-order valence-corrected chi connectivity index (χ4v) is 3.37. The molecule has 3 aromatic rings. The number of hydrogen-bond donors (Lipinski definition) is 2. The van der Waals surface area contributed by atoms with E-state index in [9.17, 15) is 14.4 Å². The third kappa shape index (κ3) is 5.76. The average Bonchev–Trinajstić information content (AvgIpc) is 2.72. The van der Waals surface area contributed by atoms with Crippen molar-refractivity contribution in [2.24, 2.45) is 0 Å². The zero-order valence-corrected chi connectivity index (χ0v) is 18.2. The Bertz CT molecular complexity index is 1130. The van der Waals surface area contributed by atoms with Gasteiger partial charge in [0.15, 0.2) is 0 Å². The highest BCUT2D eigenvalue weighted by atomic mass is 79.9. The van der Waals surface area contributed by atoms with Crippen LogP contribution < -0.4 is 16.2 Å². The predicted octanol–water partition coefficient (Wildman–Crippen LogP) is 3.60. The largest absolute Gasteiger partial charge is 0.352 e. The summed E-state index contributed by atoms with van der Waals surface area (Å²) in [7, 11) is 0. The summed E-state index contributed by atoms with van der Waals surface area (Å²) in [6.45, 7) is 2.54. The highest BCUT2D eigenvalue weighted by Gasteiger charge is 2.08. The number of halogens is 1. The topological polar surface area (TPSA) is 93.1 Å². The van der Waals surface area contributed by atoms with Crippen molar-refractivity contribution in [3.63, 3.8) is 0 Å². The maximum absolute atomic E-state index is 12.6. The molecule has 30 heavy (non-hydrogen) atoms. The molecule has 1 heterocycles. The molecule has 0 spiro atoms. The van der Waals surface area contributed by atoms with E-state index in [0.717, 1.165) is 16.5 Å². The minimum Gasteiger partial charge on any atom is -0.352 e. The average molecular weight is 471 g/mol. The SMILES string of the molecule is CCCC(=O)Nc1cccc(CNC(=O)CCn2cnc3ccc(Br)cc3c2=O)c1. The molecule has 7 nitrogen and oxygen atoms in total. The number of rotatable bonds is 8. The molecular weight excluding hydrogens is 448 g/mol. The van der Waals surface area contributed by atoms with Crippen molar-refractivity contribution in [1.82, 2.24) is 14.9 Å². The maximum atomic E-state index is 12.6. The Labute approximate surface area is 182 Å². The zero-order chi connectivity index (χ0) is 21.5. The minimum absolute atomic E-state index is 0.0276. The van der Waals surface area contributed by atoms with Gasteiger partial charge in [0.2, 0.25) is 11.8 Å². The van der Waals surface area contributed by atoms with Crippen molar-refractivity contribution in [2.45, 2.75) is 39.3 Å². The van der Waals surface area contributed by atoms with E-state index < -0.39 is 0 Å². The van der Waals surface area contributed by atoms with Crippen LogP contribution in [0.3, 0.4) is 0 Å². The van der Waals surface area contributed by atoms with E-state index in [-0.39, 0.29) is 30.3 Å². The highest BCUT2D eigenvalue weighted by Crippen LogP contribution is 2.15. The van der Waals surface area contributed by atoms with Crippen molar-refractivity contribution in [1.29, 1.82) is 0 Å². The molecule has 0 unspecified atom stereocenters. The fourth-order valence-electron chi connectivity index (χ4n) is 3.01. The van der Waals surface area contributed by atoms with Crippen LogP contribution in [0.15, 0.2) is 58.1 Å². The highest BCUT2D eigenvalue weighted by molar-refractivity contribution is 9.10. The monoisotopic (exact) mass is 470 g/mol. The van der Waals surface area contributed by atoms with Gasteiger partial charge in [0, 0.05) is 36.1 Å². The number of fused-ring (bicyclic) bond motifs is 1. The van der Waals surface area contributed by atoms with E-state index >= 15 is 0 Å². The van der Waals surface area contributed by atoms with Crippen LogP contribution in [0.5, 0.6) is 0 Å². The first-order chi connectivity index (χ1) is 14.5. The van der Waals surface area contributed by atoms with E-state index in [1.165, 1.54) is 10.9 Å². The molecule has 0 radical (unpaired) electrons. The quantitative estimate of drug-likeness (QED) is 0.525. The van der Waals surface area contributed by atoms with Crippen molar-refractivity contribution < 1.29 is 9.59 Å². The van der Waals surface area contributed by atoms with Crippen LogP contribution in [-0.4, -0.2) is 21.4 Å². The van der Waals surface area contributed by atoms with Gasteiger partial charge >= 0.3 is 0 Å². The number of nitrogens with one attached hydrogen (secondary N) is 2. The molecule has 0 aliphatic heterocycles. The van der Waals surface area contributed by atoms with E-state index in [2.05, 4.69) is 31.5 Å². The lowest BCUT2D eigenvalue weighted by atomic mass is 10.2. The van der Waals surface area contributed by atoms with Crippen LogP contribution in [-0.2, 0) is 22.7 Å². The lowest BCUT2D eigenvalue weighted by Crippen LogP contribution is -2.27. The normalized spacial score (nSPS) is 10.7. The molecule has 156 valence electrons. The van der Waals surface area contributed by atoms with Gasteiger partial charge in [-0.05, 0) is 42.3 Å². The van der Waals surface area contributed by atoms with Gasteiger partial charge in [0.05, 0.1) is 17.2 Å². The van der Waals surface area contributed by atoms with Crippen LogP contribution in [0, 0.1) is 0 Å². The number of amides is 2. The van der Waals surface area contributed by atoms with Gasteiger partial charge in [0.1, 0.15) is 0 Å². The number of nitrogens with zero attached hydrogens (tertiary/aromatic N) is 2. The van der Waals surface area contributed by atoms with Crippen molar-refractivity contribution in [2.75, 3.05) is 5.32 Å². The molecule has 2 aromatic carbocycles. The molecule has 1 aromatic heterocycles. The van der Waals surface area contributed by atoms with Gasteiger partial charge in [-0.3, -0.25) is 19.0 Å². The molecule has 0 saturated carbocycles. The molecule has 0 aliphatic carbocycles. The van der Waals surface area contributed by atoms with Crippen LogP contribution >= 0.6 is 15.9 Å². The van der Waals surface area contributed by atoms with Crippen molar-refractivity contribution >= 4 is 44.3 Å². The fraction of sp³-hybridized carbons (Fsp3) is 0.273. The number of carbonyl (C=O) groups is 2. The van der Waals surface area contributed by atoms with E-state index in [1.54, 1.807) is 12.1 Å². The van der Waals surface area contributed by atoms with Gasteiger partial charge in [0.25, 0.3) is 5.56 Å². The Morgan fingerprint density at radius 3 is 2.73 bits per heavy atom. The molecular formula is C22H23BrN4O3. The summed E-state index contributed by atoms with van der Waals surface area (Å²) in [6.07, 6.45) is 2.89. The van der Waals surface area contributed by atoms with Crippen molar-refractivity contribution in [3.8, 4) is 0 Å². The van der Waals surface area contributed by atoms with Crippen LogP contribution in [0.4, 0.5) is 5.69 Å². The standard InChI is InChI=1S/C22H23BrN4O3/c1-2-4-21(29)26-17-6-3-5-15(11-17)13-24-20(28)9-10-27-14-25-19-8-7-16(23)12-18(19)22(27)30/h3,5-8,11-12,14H,2,4,9-10,13H2,1H3,(H,24,28)(H,26,29). The number of benzene rings is 2. The lowest BCUT2D eigenvalue weighted by Gasteiger charge is -2.10. The predicted molar refractivity (Wildman–Crippen MR) is 120 cm³/mol. The summed E-state index contributed by atoms with van der Waals surface area (Å²) < 4.78 is 2.25. The molecule has 2 amide bonds. The number of anilines is 1. The Kier molecular flexibility index (Phi) is 7.35. The Morgan fingerprint density at radius 1 is 1.10 bits per heavy atom. The third-order valence-corrected chi connectivity index (χ3v) is 5.04. The first kappa shape index (κ1) is 21.7. The first-order valence-corrected chi connectivity index (χ1v) is 10.6. The van der Waals surface area contributed by atoms with E-state index in [0.29, 0.717) is 29.6 Å². The first-order valence-electron chi connectivity index (χ1n) is 9.76. The summed E-state index contributed by atoms with van der Waals surface area (Å²) >= 11 is 3.36. The molecule has 0 atom stereocenters. The molecule has 0 bridgehead atoms. The zero-order valence-electron chi connectivity index (χ0n) is 16.7. The third-order valence-electron chi connectivity index (χ3n) is 4.54. The molecule has 8 heteroatoms. The summed E-state index contributed by atoms with van der Waals surface area (Å²) in [6, 6.07) is 12.7. The van der Waals surface area contributed by atoms with E-state index in [1.807, 2.05) is 37.3 Å². The van der Waals surface area contributed by atoms with Crippen LogP contribution in [0.1, 0.15) is 31.7 Å². The Hall–Kier alpha value is -3.00. The van der Waals surface area contributed by atoms with Gasteiger partial charge in [-0.15, -0.1) is 0 Å². The summed E-state index contributed by atoms with van der Waals surface area (Å²) in [5.74, 6) is -0.197. The number of hydrogen-bond acceptors (Lipinski definition) is 4.